The van der Waals surface area contributed by atoms with E-state index < -0.39 is 5.97 Å². The van der Waals surface area contributed by atoms with Gasteiger partial charge in [-0.1, -0.05) is 19.1 Å². The van der Waals surface area contributed by atoms with Crippen molar-refractivity contribution in [1.29, 1.82) is 0 Å². The Morgan fingerprint density at radius 2 is 2.21 bits per heavy atom. The molecule has 0 aromatic heterocycles. The van der Waals surface area contributed by atoms with Crippen molar-refractivity contribution in [2.45, 2.75) is 33.1 Å². The number of carboxylic acids is 1. The second kappa shape index (κ2) is 7.56. The van der Waals surface area contributed by atoms with E-state index in [-0.39, 0.29) is 12.3 Å². The van der Waals surface area contributed by atoms with Crippen molar-refractivity contribution in [3.8, 4) is 0 Å². The van der Waals surface area contributed by atoms with Crippen molar-refractivity contribution in [3.05, 3.63) is 12.2 Å². The van der Waals surface area contributed by atoms with Gasteiger partial charge in [0.05, 0.1) is 0 Å². The summed E-state index contributed by atoms with van der Waals surface area (Å²) in [5.41, 5.74) is 5.52. The second-order valence-corrected chi connectivity index (χ2v) is 3.85. The molecule has 0 fully saturated rings. The number of carboxylic acid groups (broad SMARTS) is 1. The van der Waals surface area contributed by atoms with Crippen molar-refractivity contribution in [3.63, 3.8) is 0 Å². The van der Waals surface area contributed by atoms with Gasteiger partial charge in [0.2, 0.25) is 0 Å². The van der Waals surface area contributed by atoms with Crippen LogP contribution < -0.4 is 5.73 Å². The van der Waals surface area contributed by atoms with Crippen LogP contribution in [0.25, 0.3) is 0 Å². The van der Waals surface area contributed by atoms with E-state index in [2.05, 4.69) is 13.0 Å². The lowest BCUT2D eigenvalue weighted by Crippen LogP contribution is -2.20. The molecule has 14 heavy (non-hydrogen) atoms. The molecule has 0 aromatic rings. The lowest BCUT2D eigenvalue weighted by molar-refractivity contribution is -0.138. The van der Waals surface area contributed by atoms with Gasteiger partial charge in [0.25, 0.3) is 0 Å². The molecule has 0 saturated heterocycles. The molecule has 3 nitrogen and oxygen atoms in total. The number of carbonyl (C=O) groups is 1. The summed E-state index contributed by atoms with van der Waals surface area (Å²) in [6, 6.07) is 0. The zero-order chi connectivity index (χ0) is 11.0. The first-order valence-corrected chi connectivity index (χ1v) is 5.13. The molecule has 3 N–H and O–H groups in total. The maximum Gasteiger partial charge on any atom is 0.303 e. The predicted molar refractivity (Wildman–Crippen MR) is 58.0 cm³/mol. The van der Waals surface area contributed by atoms with Gasteiger partial charge in [0, 0.05) is 6.42 Å². The van der Waals surface area contributed by atoms with Crippen molar-refractivity contribution in [2.24, 2.45) is 17.6 Å². The van der Waals surface area contributed by atoms with Gasteiger partial charge in [-0.2, -0.15) is 0 Å². The van der Waals surface area contributed by atoms with Crippen molar-refractivity contribution >= 4 is 5.97 Å². The minimum Gasteiger partial charge on any atom is -0.481 e. The average Bonchev–Trinajstić information content (AvgIpc) is 2.12. The molecule has 2 unspecified atom stereocenters. The van der Waals surface area contributed by atoms with Crippen molar-refractivity contribution in [1.82, 2.24) is 0 Å². The van der Waals surface area contributed by atoms with E-state index in [1.165, 1.54) is 0 Å². The average molecular weight is 199 g/mol. The van der Waals surface area contributed by atoms with Crippen LogP contribution in [0.5, 0.6) is 0 Å². The fraction of sp³-hybridized carbons (Fsp3) is 0.727. The first-order chi connectivity index (χ1) is 6.60. The fourth-order valence-electron chi connectivity index (χ4n) is 1.54. The van der Waals surface area contributed by atoms with Crippen LogP contribution >= 0.6 is 0 Å². The maximum absolute atomic E-state index is 10.5. The Bertz CT molecular complexity index is 190. The maximum atomic E-state index is 10.5. The molecule has 0 aliphatic carbocycles. The number of rotatable bonds is 7. The van der Waals surface area contributed by atoms with E-state index in [4.69, 9.17) is 10.8 Å². The number of allylic oxidation sites excluding steroid dienone is 2. The normalized spacial score (nSPS) is 15.6. The van der Waals surface area contributed by atoms with Crippen LogP contribution in [-0.2, 0) is 4.79 Å². The molecule has 82 valence electrons. The van der Waals surface area contributed by atoms with Gasteiger partial charge in [0.15, 0.2) is 0 Å². The van der Waals surface area contributed by atoms with Crippen LogP contribution in [0.3, 0.4) is 0 Å². The topological polar surface area (TPSA) is 63.3 Å². The second-order valence-electron chi connectivity index (χ2n) is 3.85. The Hall–Kier alpha value is -0.830. The standard InChI is InChI=1S/C11H21NO2/c1-3-4-5-9(2)6-10(8-12)7-11(13)14/h3-4,9-10H,5-8,12H2,1-2H3,(H,13,14)/b4-3-. The van der Waals surface area contributed by atoms with E-state index in [1.807, 2.05) is 13.0 Å². The molecule has 2 atom stereocenters. The van der Waals surface area contributed by atoms with Gasteiger partial charge in [-0.3, -0.25) is 4.79 Å². The van der Waals surface area contributed by atoms with Crippen molar-refractivity contribution in [2.75, 3.05) is 6.54 Å². The van der Waals surface area contributed by atoms with Crippen LogP contribution in [0.15, 0.2) is 12.2 Å². The lowest BCUT2D eigenvalue weighted by Gasteiger charge is -2.16. The van der Waals surface area contributed by atoms with Crippen LogP contribution in [0.2, 0.25) is 0 Å². The third-order valence-electron chi connectivity index (χ3n) is 2.31. The summed E-state index contributed by atoms with van der Waals surface area (Å²) in [7, 11) is 0. The van der Waals surface area contributed by atoms with Gasteiger partial charge in [-0.15, -0.1) is 0 Å². The summed E-state index contributed by atoms with van der Waals surface area (Å²) in [6.45, 7) is 4.58. The summed E-state index contributed by atoms with van der Waals surface area (Å²) in [5.74, 6) is -0.120. The van der Waals surface area contributed by atoms with Gasteiger partial charge >= 0.3 is 5.97 Å². The molecule has 0 rings (SSSR count). The van der Waals surface area contributed by atoms with Crippen molar-refractivity contribution < 1.29 is 9.90 Å². The summed E-state index contributed by atoms with van der Waals surface area (Å²) < 4.78 is 0. The Labute approximate surface area is 86.0 Å². The third kappa shape index (κ3) is 6.66. The Morgan fingerprint density at radius 1 is 1.57 bits per heavy atom. The first-order valence-electron chi connectivity index (χ1n) is 5.13. The molecule has 0 aliphatic heterocycles. The minimum atomic E-state index is -0.751. The summed E-state index contributed by atoms with van der Waals surface area (Å²) >= 11 is 0. The smallest absolute Gasteiger partial charge is 0.303 e. The van der Waals surface area contributed by atoms with Gasteiger partial charge in [0.1, 0.15) is 0 Å². The van der Waals surface area contributed by atoms with Crippen LogP contribution in [0, 0.1) is 11.8 Å². The SMILES string of the molecule is C/C=C\CC(C)CC(CN)CC(=O)O. The zero-order valence-corrected chi connectivity index (χ0v) is 9.07. The third-order valence-corrected chi connectivity index (χ3v) is 2.31. The largest absolute Gasteiger partial charge is 0.481 e. The van der Waals surface area contributed by atoms with Gasteiger partial charge in [-0.25, -0.2) is 0 Å². The predicted octanol–water partition coefficient (Wildman–Crippen LogP) is 2.03. The molecule has 0 spiro atoms. The zero-order valence-electron chi connectivity index (χ0n) is 9.07. The highest BCUT2D eigenvalue weighted by Gasteiger charge is 2.14. The Balaban J connectivity index is 3.85. The van der Waals surface area contributed by atoms with E-state index >= 15 is 0 Å². The van der Waals surface area contributed by atoms with Gasteiger partial charge in [-0.05, 0) is 38.1 Å². The van der Waals surface area contributed by atoms with Gasteiger partial charge < -0.3 is 10.8 Å². The molecule has 0 heterocycles. The van der Waals surface area contributed by atoms with Crippen LogP contribution in [-0.4, -0.2) is 17.6 Å². The highest BCUT2D eigenvalue weighted by Crippen LogP contribution is 2.17. The van der Waals surface area contributed by atoms with E-state index in [1.54, 1.807) is 0 Å². The Morgan fingerprint density at radius 3 is 2.64 bits per heavy atom. The van der Waals surface area contributed by atoms with Crippen LogP contribution in [0.1, 0.15) is 33.1 Å². The number of aliphatic carboxylic acids is 1. The summed E-state index contributed by atoms with van der Waals surface area (Å²) in [4.78, 5) is 10.5. The number of nitrogens with two attached hydrogens (primary N) is 1. The molecule has 0 saturated carbocycles. The molecular weight excluding hydrogens is 178 g/mol. The Kier molecular flexibility index (Phi) is 7.11. The highest BCUT2D eigenvalue weighted by molar-refractivity contribution is 5.67. The van der Waals surface area contributed by atoms with E-state index in [9.17, 15) is 4.79 Å². The molecule has 0 radical (unpaired) electrons. The lowest BCUT2D eigenvalue weighted by atomic mass is 9.91. The summed E-state index contributed by atoms with van der Waals surface area (Å²) in [5, 5.41) is 8.63. The molecular formula is C11H21NO2. The van der Waals surface area contributed by atoms with E-state index in [0.717, 1.165) is 12.8 Å². The fourth-order valence-corrected chi connectivity index (χ4v) is 1.54. The minimum absolute atomic E-state index is 0.118. The van der Waals surface area contributed by atoms with Crippen LogP contribution in [0.4, 0.5) is 0 Å². The van der Waals surface area contributed by atoms with E-state index in [0.29, 0.717) is 12.5 Å². The quantitative estimate of drug-likeness (QED) is 0.617. The first kappa shape index (κ1) is 13.2. The molecule has 0 aromatic carbocycles. The summed E-state index contributed by atoms with van der Waals surface area (Å²) in [6.07, 6.45) is 6.22. The molecule has 0 amide bonds. The molecule has 0 aliphatic rings. The molecule has 0 bridgehead atoms. The number of hydrogen-bond donors (Lipinski definition) is 2. The number of hydrogen-bond acceptors (Lipinski definition) is 2. The highest BCUT2D eigenvalue weighted by atomic mass is 16.4. The monoisotopic (exact) mass is 199 g/mol. The molecule has 3 heteroatoms.